The molecule has 0 bridgehead atoms. The Labute approximate surface area is 114 Å². The van der Waals surface area contributed by atoms with Crippen molar-refractivity contribution in [2.45, 2.75) is 6.92 Å². The number of nitrogens with zero attached hydrogens (tertiary/aromatic N) is 2. The summed E-state index contributed by atoms with van der Waals surface area (Å²) in [4.78, 5) is 7.78. The van der Waals surface area contributed by atoms with E-state index in [1.807, 2.05) is 19.1 Å². The summed E-state index contributed by atoms with van der Waals surface area (Å²) in [5.41, 5.74) is 1.86. The Kier molecular flexibility index (Phi) is 3.72. The zero-order chi connectivity index (χ0) is 12.4. The molecule has 6 heteroatoms. The highest BCUT2D eigenvalue weighted by Gasteiger charge is 2.06. The van der Waals surface area contributed by atoms with E-state index >= 15 is 0 Å². The summed E-state index contributed by atoms with van der Waals surface area (Å²) in [5.74, 6) is 0.456. The van der Waals surface area contributed by atoms with Gasteiger partial charge in [-0.1, -0.05) is 29.3 Å². The Morgan fingerprint density at radius 3 is 2.71 bits per heavy atom. The van der Waals surface area contributed by atoms with Crippen LogP contribution in [0.15, 0.2) is 24.4 Å². The summed E-state index contributed by atoms with van der Waals surface area (Å²) in [6.07, 6.45) is 1.44. The van der Waals surface area contributed by atoms with Crippen LogP contribution >= 0.6 is 34.8 Å². The van der Waals surface area contributed by atoms with Crippen LogP contribution in [-0.4, -0.2) is 9.97 Å². The lowest BCUT2D eigenvalue weighted by atomic mass is 10.2. The lowest BCUT2D eigenvalue weighted by Gasteiger charge is -2.10. The molecule has 3 nitrogen and oxygen atoms in total. The van der Waals surface area contributed by atoms with E-state index in [2.05, 4.69) is 15.3 Å². The van der Waals surface area contributed by atoms with Gasteiger partial charge < -0.3 is 5.32 Å². The van der Waals surface area contributed by atoms with Crippen LogP contribution in [0.5, 0.6) is 0 Å². The molecule has 2 aromatic rings. The maximum atomic E-state index is 5.96. The summed E-state index contributed by atoms with van der Waals surface area (Å²) in [5, 5.41) is 4.24. The van der Waals surface area contributed by atoms with Gasteiger partial charge in [0.2, 0.25) is 5.28 Å². The Morgan fingerprint density at radius 1 is 1.18 bits per heavy atom. The number of rotatable bonds is 2. The molecule has 0 amide bonds. The third-order valence-electron chi connectivity index (χ3n) is 2.17. The van der Waals surface area contributed by atoms with E-state index in [1.54, 1.807) is 6.07 Å². The predicted molar refractivity (Wildman–Crippen MR) is 71.5 cm³/mol. The van der Waals surface area contributed by atoms with E-state index in [4.69, 9.17) is 34.8 Å². The molecule has 0 aliphatic rings. The second-order valence-corrected chi connectivity index (χ2v) is 4.60. The molecule has 0 saturated carbocycles. The average Bonchev–Trinajstić information content (AvgIpc) is 2.28. The Bertz CT molecular complexity index is 508. The van der Waals surface area contributed by atoms with Crippen LogP contribution in [-0.2, 0) is 0 Å². The van der Waals surface area contributed by atoms with Gasteiger partial charge in [0, 0.05) is 10.7 Å². The Morgan fingerprint density at radius 2 is 1.94 bits per heavy atom. The van der Waals surface area contributed by atoms with E-state index in [9.17, 15) is 0 Å². The Balaban J connectivity index is 2.37. The molecule has 17 heavy (non-hydrogen) atoms. The molecule has 0 radical (unpaired) electrons. The first-order chi connectivity index (χ1) is 8.06. The van der Waals surface area contributed by atoms with Gasteiger partial charge in [-0.25, -0.2) is 4.98 Å². The van der Waals surface area contributed by atoms with Gasteiger partial charge in [0.15, 0.2) is 5.82 Å². The molecular weight excluding hydrogens is 281 g/mol. The van der Waals surface area contributed by atoms with Gasteiger partial charge in [0.25, 0.3) is 0 Å². The smallest absolute Gasteiger partial charge is 0.224 e. The van der Waals surface area contributed by atoms with E-state index in [1.165, 1.54) is 6.20 Å². The number of benzene rings is 1. The molecule has 1 aromatic carbocycles. The van der Waals surface area contributed by atoms with Crippen molar-refractivity contribution in [2.75, 3.05) is 5.32 Å². The summed E-state index contributed by atoms with van der Waals surface area (Å²) >= 11 is 17.6. The van der Waals surface area contributed by atoms with Crippen molar-refractivity contribution in [1.82, 2.24) is 9.97 Å². The molecule has 2 rings (SSSR count). The quantitative estimate of drug-likeness (QED) is 0.827. The second kappa shape index (κ2) is 5.08. The van der Waals surface area contributed by atoms with Gasteiger partial charge in [-0.15, -0.1) is 0 Å². The first-order valence-electron chi connectivity index (χ1n) is 4.77. The SMILES string of the molecule is Cc1ccc(Cl)cc1Nc1nc(Cl)ncc1Cl. The fourth-order valence-corrected chi connectivity index (χ4v) is 1.73. The van der Waals surface area contributed by atoms with Crippen LogP contribution in [0.25, 0.3) is 0 Å². The Hall–Kier alpha value is -1.03. The van der Waals surface area contributed by atoms with Crippen LogP contribution in [0.4, 0.5) is 11.5 Å². The highest BCUT2D eigenvalue weighted by Crippen LogP contribution is 2.27. The molecule has 0 saturated heterocycles. The first-order valence-corrected chi connectivity index (χ1v) is 5.91. The second-order valence-electron chi connectivity index (χ2n) is 3.42. The minimum Gasteiger partial charge on any atom is -0.339 e. The molecule has 0 aliphatic carbocycles. The molecule has 1 heterocycles. The standard InChI is InChI=1S/C11H8Cl3N3/c1-6-2-3-7(12)4-9(6)16-10-8(13)5-15-11(14)17-10/h2-5H,1H3,(H,15,16,17). The number of hydrogen-bond acceptors (Lipinski definition) is 3. The van der Waals surface area contributed by atoms with Crippen LogP contribution in [0.2, 0.25) is 15.3 Å². The maximum Gasteiger partial charge on any atom is 0.224 e. The van der Waals surface area contributed by atoms with Gasteiger partial charge in [-0.2, -0.15) is 4.98 Å². The topological polar surface area (TPSA) is 37.8 Å². The van der Waals surface area contributed by atoms with Gasteiger partial charge in [0.05, 0.1) is 6.20 Å². The molecule has 0 atom stereocenters. The van der Waals surface area contributed by atoms with Crippen molar-refractivity contribution in [3.05, 3.63) is 45.3 Å². The average molecular weight is 289 g/mol. The van der Waals surface area contributed by atoms with Crippen molar-refractivity contribution in [1.29, 1.82) is 0 Å². The van der Waals surface area contributed by atoms with E-state index in [0.29, 0.717) is 15.9 Å². The number of aryl methyl sites for hydroxylation is 1. The largest absolute Gasteiger partial charge is 0.339 e. The van der Waals surface area contributed by atoms with Crippen molar-refractivity contribution in [2.24, 2.45) is 0 Å². The fourth-order valence-electron chi connectivity index (χ4n) is 1.29. The first kappa shape index (κ1) is 12.4. The minimum atomic E-state index is 0.136. The van der Waals surface area contributed by atoms with Crippen LogP contribution in [0.3, 0.4) is 0 Å². The monoisotopic (exact) mass is 287 g/mol. The molecule has 0 spiro atoms. The van der Waals surface area contributed by atoms with Gasteiger partial charge in [-0.3, -0.25) is 0 Å². The lowest BCUT2D eigenvalue weighted by molar-refractivity contribution is 1.17. The highest BCUT2D eigenvalue weighted by molar-refractivity contribution is 6.33. The van der Waals surface area contributed by atoms with Crippen molar-refractivity contribution < 1.29 is 0 Å². The molecule has 0 aliphatic heterocycles. The van der Waals surface area contributed by atoms with E-state index in [0.717, 1.165) is 11.3 Å². The molecule has 1 aromatic heterocycles. The number of halogens is 3. The van der Waals surface area contributed by atoms with Gasteiger partial charge >= 0.3 is 0 Å². The van der Waals surface area contributed by atoms with Crippen molar-refractivity contribution in [3.63, 3.8) is 0 Å². The zero-order valence-electron chi connectivity index (χ0n) is 8.84. The molecule has 0 unspecified atom stereocenters. The van der Waals surface area contributed by atoms with Crippen molar-refractivity contribution >= 4 is 46.3 Å². The number of aromatic nitrogens is 2. The number of anilines is 2. The number of nitrogens with one attached hydrogen (secondary N) is 1. The third-order valence-corrected chi connectivity index (χ3v) is 2.86. The fraction of sp³-hybridized carbons (Fsp3) is 0.0909. The molecule has 0 fully saturated rings. The van der Waals surface area contributed by atoms with Gasteiger partial charge in [-0.05, 0) is 36.2 Å². The van der Waals surface area contributed by atoms with Crippen molar-refractivity contribution in [3.8, 4) is 0 Å². The van der Waals surface area contributed by atoms with Gasteiger partial charge in [0.1, 0.15) is 5.02 Å². The summed E-state index contributed by atoms with van der Waals surface area (Å²) < 4.78 is 0. The van der Waals surface area contributed by atoms with E-state index in [-0.39, 0.29) is 5.28 Å². The zero-order valence-corrected chi connectivity index (χ0v) is 11.1. The predicted octanol–water partition coefficient (Wildman–Crippen LogP) is 4.49. The molecular formula is C11H8Cl3N3. The highest BCUT2D eigenvalue weighted by atomic mass is 35.5. The molecule has 88 valence electrons. The summed E-state index contributed by atoms with van der Waals surface area (Å²) in [6, 6.07) is 5.52. The van der Waals surface area contributed by atoms with Crippen LogP contribution < -0.4 is 5.32 Å². The van der Waals surface area contributed by atoms with Crippen LogP contribution in [0.1, 0.15) is 5.56 Å². The lowest BCUT2D eigenvalue weighted by Crippen LogP contribution is -1.98. The third kappa shape index (κ3) is 3.00. The summed E-state index contributed by atoms with van der Waals surface area (Å²) in [7, 11) is 0. The molecule has 1 N–H and O–H groups in total. The minimum absolute atomic E-state index is 0.136. The van der Waals surface area contributed by atoms with Crippen LogP contribution in [0, 0.1) is 6.92 Å². The number of hydrogen-bond donors (Lipinski definition) is 1. The normalized spacial score (nSPS) is 10.4. The van der Waals surface area contributed by atoms with E-state index < -0.39 is 0 Å². The summed E-state index contributed by atoms with van der Waals surface area (Å²) in [6.45, 7) is 1.95. The maximum absolute atomic E-state index is 5.96.